The third-order valence-electron chi connectivity index (χ3n) is 6.30. The van der Waals surface area contributed by atoms with Crippen molar-refractivity contribution in [3.63, 3.8) is 0 Å². The first-order valence-electron chi connectivity index (χ1n) is 11.4. The number of carbonyl (C=O) groups excluding carboxylic acids is 1. The zero-order valence-electron chi connectivity index (χ0n) is 20.4. The number of rotatable bonds is 8. The van der Waals surface area contributed by atoms with Crippen molar-refractivity contribution >= 4 is 11.6 Å². The number of carbonyl (C=O) groups is 1. The van der Waals surface area contributed by atoms with Crippen LogP contribution in [0.5, 0.6) is 5.75 Å². The summed E-state index contributed by atoms with van der Waals surface area (Å²) in [7, 11) is 2.93. The lowest BCUT2D eigenvalue weighted by atomic mass is 9.95. The fourth-order valence-electron chi connectivity index (χ4n) is 4.03. The molecule has 0 fully saturated rings. The van der Waals surface area contributed by atoms with E-state index in [0.29, 0.717) is 46.9 Å². The van der Waals surface area contributed by atoms with E-state index in [1.54, 1.807) is 25.6 Å². The Morgan fingerprint density at radius 3 is 2.80 bits per heavy atom. The van der Waals surface area contributed by atoms with Crippen LogP contribution in [0.2, 0.25) is 0 Å². The van der Waals surface area contributed by atoms with Gasteiger partial charge < -0.3 is 29.8 Å². The van der Waals surface area contributed by atoms with Crippen LogP contribution in [0.15, 0.2) is 41.8 Å². The van der Waals surface area contributed by atoms with Crippen molar-refractivity contribution in [1.82, 2.24) is 15.3 Å². The van der Waals surface area contributed by atoms with Crippen LogP contribution in [-0.2, 0) is 15.9 Å². The predicted octanol–water partition coefficient (Wildman–Crippen LogP) is 4.28. The molecule has 4 rings (SSSR count). The lowest BCUT2D eigenvalue weighted by molar-refractivity contribution is -0.0146. The van der Waals surface area contributed by atoms with Crippen LogP contribution in [0.3, 0.4) is 0 Å². The lowest BCUT2D eigenvalue weighted by Crippen LogP contribution is -2.32. The smallest absolute Gasteiger partial charge is 0.255 e. The lowest BCUT2D eigenvalue weighted by Gasteiger charge is -2.26. The van der Waals surface area contributed by atoms with Gasteiger partial charge in [-0.3, -0.25) is 9.78 Å². The van der Waals surface area contributed by atoms with Crippen LogP contribution in [-0.4, -0.2) is 55.0 Å². The number of alkyl halides is 1. The monoisotopic (exact) mass is 488 g/mol. The van der Waals surface area contributed by atoms with Gasteiger partial charge in [0, 0.05) is 43.4 Å². The van der Waals surface area contributed by atoms with E-state index in [-0.39, 0.29) is 24.0 Å². The summed E-state index contributed by atoms with van der Waals surface area (Å²) in [5, 5.41) is 5.91. The molecule has 2 atom stereocenters. The Bertz CT molecular complexity index is 1190. The third kappa shape index (κ3) is 4.75. The molecule has 1 aliphatic heterocycles. The topological polar surface area (TPSA) is 97.5 Å². The highest BCUT2D eigenvalue weighted by atomic mass is 19.1. The van der Waals surface area contributed by atoms with Gasteiger partial charge in [-0.15, -0.1) is 0 Å². The standard InChI is InChI=1S/C25H30F2N4O4/c1-13-15(26)10-17(23(33-4)20(13)27)31-22-19-16(7-9-29-24(19)32)30-21(22)14-6-8-28-11-18(14)35-12-25(2,3)34-5/h6,8,10-11,13,20,30-31H,7,9,12H2,1-5H3,(H,29,32). The number of ether oxygens (including phenoxy) is 3. The highest BCUT2D eigenvalue weighted by Gasteiger charge is 2.35. The molecule has 0 spiro atoms. The number of hydrogen-bond donors (Lipinski definition) is 3. The average molecular weight is 489 g/mol. The zero-order valence-corrected chi connectivity index (χ0v) is 20.4. The number of pyridine rings is 1. The van der Waals surface area contributed by atoms with Crippen LogP contribution in [0.25, 0.3) is 11.3 Å². The van der Waals surface area contributed by atoms with Gasteiger partial charge in [-0.25, -0.2) is 8.78 Å². The fourth-order valence-corrected chi connectivity index (χ4v) is 4.03. The first-order valence-corrected chi connectivity index (χ1v) is 11.4. The molecule has 0 aromatic carbocycles. The summed E-state index contributed by atoms with van der Waals surface area (Å²) in [6, 6.07) is 1.75. The Morgan fingerprint density at radius 2 is 2.09 bits per heavy atom. The normalized spacial score (nSPS) is 20.2. The van der Waals surface area contributed by atoms with Gasteiger partial charge in [-0.05, 0) is 26.0 Å². The number of nitrogens with one attached hydrogen (secondary N) is 3. The Labute approximate surface area is 202 Å². The van der Waals surface area contributed by atoms with Gasteiger partial charge in [0.1, 0.15) is 18.2 Å². The number of allylic oxidation sites excluding steroid dienone is 3. The van der Waals surface area contributed by atoms with Crippen LogP contribution >= 0.6 is 0 Å². The minimum atomic E-state index is -1.67. The number of anilines is 1. The number of methoxy groups -OCH3 is 2. The second-order valence-corrected chi connectivity index (χ2v) is 9.19. The Kier molecular flexibility index (Phi) is 6.84. The van der Waals surface area contributed by atoms with Crippen molar-refractivity contribution in [2.45, 2.75) is 39.0 Å². The maximum absolute atomic E-state index is 14.9. The molecule has 3 heterocycles. The summed E-state index contributed by atoms with van der Waals surface area (Å²) < 4.78 is 46.2. The van der Waals surface area contributed by atoms with Crippen molar-refractivity contribution in [3.8, 4) is 17.0 Å². The molecule has 0 saturated carbocycles. The fraction of sp³-hybridized carbons (Fsp3) is 0.440. The highest BCUT2D eigenvalue weighted by molar-refractivity contribution is 6.06. The summed E-state index contributed by atoms with van der Waals surface area (Å²) in [6.45, 7) is 5.96. The molecule has 1 amide bonds. The minimum Gasteiger partial charge on any atom is -0.496 e. The molecule has 2 aliphatic rings. The first kappa shape index (κ1) is 24.7. The molecular weight excluding hydrogens is 458 g/mol. The molecule has 2 aromatic rings. The highest BCUT2D eigenvalue weighted by Crippen LogP contribution is 2.41. The summed E-state index contributed by atoms with van der Waals surface area (Å²) in [5.41, 5.74) is 2.17. The van der Waals surface area contributed by atoms with E-state index < -0.39 is 23.5 Å². The van der Waals surface area contributed by atoms with Crippen molar-refractivity contribution < 1.29 is 27.8 Å². The average Bonchev–Trinajstić information content (AvgIpc) is 3.21. The number of H-pyrrole nitrogens is 1. The first-order chi connectivity index (χ1) is 16.7. The number of hydrogen-bond acceptors (Lipinski definition) is 6. The maximum Gasteiger partial charge on any atom is 0.255 e. The van der Waals surface area contributed by atoms with Gasteiger partial charge >= 0.3 is 0 Å². The van der Waals surface area contributed by atoms with Gasteiger partial charge in [0.05, 0.1) is 41.5 Å². The second kappa shape index (κ2) is 9.69. The maximum atomic E-state index is 14.9. The predicted molar refractivity (Wildman–Crippen MR) is 128 cm³/mol. The molecule has 0 radical (unpaired) electrons. The molecule has 2 aromatic heterocycles. The molecule has 8 nitrogen and oxygen atoms in total. The van der Waals surface area contributed by atoms with Crippen LogP contribution in [0.1, 0.15) is 36.8 Å². The van der Waals surface area contributed by atoms with Crippen molar-refractivity contribution in [2.75, 3.05) is 32.7 Å². The molecule has 3 N–H and O–H groups in total. The molecular formula is C25H30F2N4O4. The van der Waals surface area contributed by atoms with E-state index in [0.717, 1.165) is 0 Å². The van der Waals surface area contributed by atoms with Crippen LogP contribution in [0.4, 0.5) is 14.5 Å². The number of aromatic amines is 1. The summed E-state index contributed by atoms with van der Waals surface area (Å²) >= 11 is 0. The summed E-state index contributed by atoms with van der Waals surface area (Å²) in [4.78, 5) is 20.4. The van der Waals surface area contributed by atoms with E-state index >= 15 is 0 Å². The molecule has 35 heavy (non-hydrogen) atoms. The van der Waals surface area contributed by atoms with Crippen molar-refractivity contribution in [3.05, 3.63) is 53.1 Å². The van der Waals surface area contributed by atoms with Gasteiger partial charge in [-0.1, -0.05) is 6.92 Å². The van der Waals surface area contributed by atoms with E-state index in [9.17, 15) is 13.6 Å². The Hall–Kier alpha value is -3.40. The third-order valence-corrected chi connectivity index (χ3v) is 6.30. The number of nitrogens with zero attached hydrogens (tertiary/aromatic N) is 1. The van der Waals surface area contributed by atoms with Gasteiger partial charge in [0.25, 0.3) is 5.91 Å². The SMILES string of the molecule is COC1=C(Nc2c(-c3ccncc3OCC(C)(C)OC)[nH]c3c2C(=O)NCC3)C=C(F)C(C)C1F. The van der Waals surface area contributed by atoms with E-state index in [2.05, 4.69) is 20.6 Å². The second-order valence-electron chi connectivity index (χ2n) is 9.19. The van der Waals surface area contributed by atoms with E-state index in [1.807, 2.05) is 13.8 Å². The number of aromatic nitrogens is 2. The van der Waals surface area contributed by atoms with Crippen LogP contribution < -0.4 is 15.4 Å². The van der Waals surface area contributed by atoms with Crippen LogP contribution in [0, 0.1) is 5.92 Å². The molecule has 0 bridgehead atoms. The van der Waals surface area contributed by atoms with Crippen molar-refractivity contribution in [1.29, 1.82) is 0 Å². The number of fused-ring (bicyclic) bond motifs is 1. The van der Waals surface area contributed by atoms with Crippen molar-refractivity contribution in [2.24, 2.45) is 5.92 Å². The number of amides is 1. The van der Waals surface area contributed by atoms with Gasteiger partial charge in [-0.2, -0.15) is 0 Å². The van der Waals surface area contributed by atoms with E-state index in [1.165, 1.54) is 20.1 Å². The molecule has 188 valence electrons. The van der Waals surface area contributed by atoms with Gasteiger partial charge in [0.15, 0.2) is 11.9 Å². The molecule has 2 unspecified atom stereocenters. The summed E-state index contributed by atoms with van der Waals surface area (Å²) in [6.07, 6.45) is 3.28. The Balaban J connectivity index is 1.83. The molecule has 1 aliphatic carbocycles. The largest absolute Gasteiger partial charge is 0.496 e. The van der Waals surface area contributed by atoms with E-state index in [4.69, 9.17) is 14.2 Å². The molecule has 10 heteroatoms. The minimum absolute atomic E-state index is 0.0379. The molecule has 0 saturated heterocycles. The summed E-state index contributed by atoms with van der Waals surface area (Å²) in [5.74, 6) is -1.46. The quantitative estimate of drug-likeness (QED) is 0.513. The Morgan fingerprint density at radius 1 is 1.31 bits per heavy atom. The van der Waals surface area contributed by atoms with Gasteiger partial charge in [0.2, 0.25) is 0 Å². The zero-order chi connectivity index (χ0) is 25.3. The number of halogens is 2.